The summed E-state index contributed by atoms with van der Waals surface area (Å²) in [6.45, 7) is 0. The highest BCUT2D eigenvalue weighted by molar-refractivity contribution is 6.14. The van der Waals surface area contributed by atoms with Crippen LogP contribution in [0.1, 0.15) is 11.1 Å². The Hall–Kier alpha value is -9.62. The molecule has 0 saturated carbocycles. The summed E-state index contributed by atoms with van der Waals surface area (Å²) in [4.78, 5) is 0. The van der Waals surface area contributed by atoms with Crippen molar-refractivity contribution in [3.63, 3.8) is 0 Å². The van der Waals surface area contributed by atoms with Gasteiger partial charge in [-0.3, -0.25) is 0 Å². The van der Waals surface area contributed by atoms with Gasteiger partial charge >= 0.3 is 0 Å². The van der Waals surface area contributed by atoms with Gasteiger partial charge in [0.25, 0.3) is 0 Å². The van der Waals surface area contributed by atoms with Crippen LogP contribution in [0.2, 0.25) is 0 Å². The average molecular weight is 865 g/mol. The van der Waals surface area contributed by atoms with Crippen molar-refractivity contribution < 1.29 is 0 Å². The summed E-state index contributed by atoms with van der Waals surface area (Å²) in [7, 11) is 0. The first-order chi connectivity index (χ1) is 33.7. The number of benzene rings is 10. The molecule has 14 rings (SSSR count). The first-order valence-electron chi connectivity index (χ1n) is 22.8. The molecule has 0 spiro atoms. The lowest BCUT2D eigenvalue weighted by molar-refractivity contribution is 1.15. The summed E-state index contributed by atoms with van der Waals surface area (Å²) >= 11 is 0. The van der Waals surface area contributed by atoms with Gasteiger partial charge < -0.3 is 18.3 Å². The molecular formula is C62H36N6. The molecular weight excluding hydrogens is 829 g/mol. The molecule has 6 nitrogen and oxygen atoms in total. The number of rotatable bonds is 5. The van der Waals surface area contributed by atoms with Crippen LogP contribution in [0, 0.1) is 22.7 Å². The lowest BCUT2D eigenvalue weighted by atomic mass is 9.95. The second kappa shape index (κ2) is 14.4. The topological polar surface area (TPSA) is 67.3 Å². The highest BCUT2D eigenvalue weighted by Gasteiger charge is 2.21. The number of nitriles is 2. The largest absolute Gasteiger partial charge is 0.309 e. The summed E-state index contributed by atoms with van der Waals surface area (Å²) in [5.41, 5.74) is 15.0. The Bertz CT molecular complexity index is 4140. The number of hydrogen-bond acceptors (Lipinski definition) is 2. The smallest absolute Gasteiger partial charge is 0.0998 e. The van der Waals surface area contributed by atoms with Gasteiger partial charge in [0.05, 0.1) is 67.4 Å². The van der Waals surface area contributed by atoms with Crippen LogP contribution in [-0.4, -0.2) is 18.3 Å². The van der Waals surface area contributed by atoms with Gasteiger partial charge in [-0.05, 0) is 84.9 Å². The van der Waals surface area contributed by atoms with E-state index in [9.17, 15) is 10.5 Å². The molecule has 0 N–H and O–H groups in total. The molecule has 0 aliphatic rings. The summed E-state index contributed by atoms with van der Waals surface area (Å²) in [5.74, 6) is 0. The number of hydrogen-bond donors (Lipinski definition) is 0. The zero-order valence-electron chi connectivity index (χ0n) is 36.5. The van der Waals surface area contributed by atoms with Crippen molar-refractivity contribution in [2.24, 2.45) is 0 Å². The normalized spacial score (nSPS) is 11.8. The van der Waals surface area contributed by atoms with Gasteiger partial charge in [-0.2, -0.15) is 10.5 Å². The zero-order valence-corrected chi connectivity index (χ0v) is 36.5. The van der Waals surface area contributed by atoms with Crippen molar-refractivity contribution in [3.8, 4) is 46.0 Å². The number of nitrogens with zero attached hydrogens (tertiary/aromatic N) is 6. The molecule has 0 unspecified atom stereocenters. The van der Waals surface area contributed by atoms with Crippen molar-refractivity contribution >= 4 is 87.2 Å². The fourth-order valence-corrected chi connectivity index (χ4v) is 11.2. The van der Waals surface area contributed by atoms with Crippen LogP contribution < -0.4 is 0 Å². The third kappa shape index (κ3) is 5.31. The van der Waals surface area contributed by atoms with E-state index < -0.39 is 0 Å². The lowest BCUT2D eigenvalue weighted by Crippen LogP contribution is -2.00. The van der Waals surface area contributed by atoms with Crippen molar-refractivity contribution in [1.82, 2.24) is 18.3 Å². The minimum Gasteiger partial charge on any atom is -0.309 e. The number of fused-ring (bicyclic) bond motifs is 12. The first kappa shape index (κ1) is 37.7. The fourth-order valence-electron chi connectivity index (χ4n) is 11.2. The molecule has 0 aliphatic carbocycles. The molecule has 0 saturated heterocycles. The summed E-state index contributed by atoms with van der Waals surface area (Å²) in [6.07, 6.45) is 0. The second-order valence-electron chi connectivity index (χ2n) is 17.5. The molecule has 10 aromatic carbocycles. The van der Waals surface area contributed by atoms with Crippen LogP contribution in [0.4, 0.5) is 0 Å². The maximum atomic E-state index is 10.9. The number of para-hydroxylation sites is 6. The minimum absolute atomic E-state index is 0.490. The van der Waals surface area contributed by atoms with Crippen LogP contribution in [0.3, 0.4) is 0 Å². The Morgan fingerprint density at radius 1 is 0.235 bits per heavy atom. The molecule has 0 radical (unpaired) electrons. The maximum Gasteiger partial charge on any atom is 0.0998 e. The molecule has 0 aliphatic heterocycles. The molecule has 4 aromatic heterocycles. The van der Waals surface area contributed by atoms with Crippen molar-refractivity contribution in [1.29, 1.82) is 10.5 Å². The van der Waals surface area contributed by atoms with E-state index in [0.717, 1.165) is 88.4 Å². The summed E-state index contributed by atoms with van der Waals surface area (Å²) in [6, 6.07) is 81.6. The Morgan fingerprint density at radius 3 is 0.765 bits per heavy atom. The fraction of sp³-hybridized carbons (Fsp3) is 0. The van der Waals surface area contributed by atoms with Crippen LogP contribution in [0.5, 0.6) is 0 Å². The van der Waals surface area contributed by atoms with E-state index >= 15 is 0 Å². The zero-order chi connectivity index (χ0) is 45.0. The van der Waals surface area contributed by atoms with Gasteiger partial charge in [0.2, 0.25) is 0 Å². The maximum absolute atomic E-state index is 10.9. The van der Waals surface area contributed by atoms with Gasteiger partial charge in [-0.15, -0.1) is 0 Å². The Balaban J connectivity index is 0.913. The number of aromatic nitrogens is 4. The quantitative estimate of drug-likeness (QED) is 0.173. The third-order valence-corrected chi connectivity index (χ3v) is 14.0. The molecule has 0 amide bonds. The summed E-state index contributed by atoms with van der Waals surface area (Å²) < 4.78 is 9.20. The average Bonchev–Trinajstić information content (AvgIpc) is 4.13. The molecule has 14 aromatic rings. The van der Waals surface area contributed by atoms with E-state index in [1.54, 1.807) is 0 Å². The molecule has 0 bridgehead atoms. The molecule has 68 heavy (non-hydrogen) atoms. The van der Waals surface area contributed by atoms with Gasteiger partial charge in [0.1, 0.15) is 0 Å². The Morgan fingerprint density at radius 2 is 0.471 bits per heavy atom. The highest BCUT2D eigenvalue weighted by atomic mass is 15.0. The molecule has 4 heterocycles. The molecule has 6 heteroatoms. The van der Waals surface area contributed by atoms with Gasteiger partial charge in [0, 0.05) is 77.0 Å². The van der Waals surface area contributed by atoms with Gasteiger partial charge in [-0.25, -0.2) is 0 Å². The van der Waals surface area contributed by atoms with Gasteiger partial charge in [0.15, 0.2) is 0 Å². The van der Waals surface area contributed by atoms with Crippen LogP contribution in [0.25, 0.3) is 121 Å². The monoisotopic (exact) mass is 864 g/mol. The molecule has 314 valence electrons. The first-order valence-corrected chi connectivity index (χ1v) is 22.8. The van der Waals surface area contributed by atoms with Gasteiger partial charge in [-0.1, -0.05) is 133 Å². The minimum atomic E-state index is 0.490. The molecule has 0 fully saturated rings. The van der Waals surface area contributed by atoms with E-state index in [2.05, 4.69) is 225 Å². The summed E-state index contributed by atoms with van der Waals surface area (Å²) in [5, 5.41) is 31.1. The van der Waals surface area contributed by atoms with Crippen LogP contribution in [-0.2, 0) is 0 Å². The van der Waals surface area contributed by atoms with Crippen LogP contribution >= 0.6 is 0 Å². The Labute approximate surface area is 389 Å². The van der Waals surface area contributed by atoms with Crippen LogP contribution in [0.15, 0.2) is 218 Å². The van der Waals surface area contributed by atoms with E-state index in [1.165, 1.54) is 21.5 Å². The predicted molar refractivity (Wildman–Crippen MR) is 279 cm³/mol. The second-order valence-corrected chi connectivity index (χ2v) is 17.5. The standard InChI is InChI=1S/C62H36N6/c63-37-39-33-41(67-59-23-11-5-17-51(59)53-31-27-43(35-61(53)67)65-55-19-7-1-13-47(55)48-14-2-8-20-56(48)65)25-29-45(39)46-30-26-42(34-40(46)38-64)68-60-24-12-6-18-52(60)54-32-28-44(36-62(54)68)66-57-21-9-3-15-49(57)50-16-4-10-22-58(50)66/h1-36H. The van der Waals surface area contributed by atoms with E-state index in [0.29, 0.717) is 22.3 Å². The lowest BCUT2D eigenvalue weighted by Gasteiger charge is -2.15. The van der Waals surface area contributed by atoms with Crippen molar-refractivity contribution in [2.75, 3.05) is 0 Å². The Kier molecular flexibility index (Phi) is 8.01. The predicted octanol–water partition coefficient (Wildman–Crippen LogP) is 15.5. The highest BCUT2D eigenvalue weighted by Crippen LogP contribution is 2.41. The van der Waals surface area contributed by atoms with E-state index in [-0.39, 0.29) is 0 Å². The SMILES string of the molecule is N#Cc1cc(-n2c3ccccc3c3ccc(-n4c5ccccc5c5ccccc54)cc32)ccc1-c1ccc(-n2c3ccccc3c3ccc(-n4c5ccccc5c5ccccc54)cc32)cc1C#N. The molecule has 0 atom stereocenters. The van der Waals surface area contributed by atoms with Crippen molar-refractivity contribution in [3.05, 3.63) is 230 Å². The third-order valence-electron chi connectivity index (χ3n) is 14.0. The van der Waals surface area contributed by atoms with Crippen molar-refractivity contribution in [2.45, 2.75) is 0 Å². The van der Waals surface area contributed by atoms with E-state index in [1.807, 2.05) is 24.3 Å². The van der Waals surface area contributed by atoms with E-state index in [4.69, 9.17) is 0 Å².